The van der Waals surface area contributed by atoms with Gasteiger partial charge in [-0.1, -0.05) is 12.1 Å². The summed E-state index contributed by atoms with van der Waals surface area (Å²) in [4.78, 5) is 4.71. The minimum Gasteiger partial charge on any atom is -0.493 e. The first kappa shape index (κ1) is 21.0. The number of rotatable bonds is 10. The van der Waals surface area contributed by atoms with Crippen LogP contribution in [0.3, 0.4) is 0 Å². The molecule has 0 amide bonds. The Morgan fingerprint density at radius 3 is 2.79 bits per heavy atom. The Kier molecular flexibility index (Phi) is 8.25. The van der Waals surface area contributed by atoms with E-state index in [1.165, 1.54) is 0 Å². The molecule has 0 spiro atoms. The molecule has 0 saturated carbocycles. The molecule has 1 aromatic carbocycles. The predicted octanol–water partition coefficient (Wildman–Crippen LogP) is 2.87. The second-order valence-corrected chi connectivity index (χ2v) is 7.14. The molecule has 2 aromatic rings. The Labute approximate surface area is 172 Å². The van der Waals surface area contributed by atoms with Gasteiger partial charge in [-0.15, -0.1) is 0 Å². The van der Waals surface area contributed by atoms with Crippen molar-refractivity contribution in [1.82, 2.24) is 10.6 Å². The van der Waals surface area contributed by atoms with Crippen LogP contribution < -0.4 is 20.1 Å². The SMILES string of the molecule is COc1ccccc1OC(C)CN=C(NCCc1ccco1)NCC1CCOC1. The molecule has 0 bridgehead atoms. The van der Waals surface area contributed by atoms with Crippen LogP contribution in [0.15, 0.2) is 52.1 Å². The lowest BCUT2D eigenvalue weighted by molar-refractivity contribution is 0.186. The van der Waals surface area contributed by atoms with Gasteiger partial charge in [0.05, 0.1) is 26.5 Å². The van der Waals surface area contributed by atoms with E-state index < -0.39 is 0 Å². The van der Waals surface area contributed by atoms with Crippen molar-refractivity contribution < 1.29 is 18.6 Å². The second-order valence-electron chi connectivity index (χ2n) is 7.14. The highest BCUT2D eigenvalue weighted by Crippen LogP contribution is 2.26. The molecule has 29 heavy (non-hydrogen) atoms. The van der Waals surface area contributed by atoms with E-state index in [1.54, 1.807) is 13.4 Å². The van der Waals surface area contributed by atoms with E-state index in [9.17, 15) is 0 Å². The van der Waals surface area contributed by atoms with Gasteiger partial charge in [-0.3, -0.25) is 0 Å². The van der Waals surface area contributed by atoms with E-state index in [2.05, 4.69) is 10.6 Å². The van der Waals surface area contributed by atoms with Crippen LogP contribution in [0.1, 0.15) is 19.1 Å². The Morgan fingerprint density at radius 1 is 1.21 bits per heavy atom. The van der Waals surface area contributed by atoms with Crippen LogP contribution in [0, 0.1) is 5.92 Å². The predicted molar refractivity (Wildman–Crippen MR) is 113 cm³/mol. The van der Waals surface area contributed by atoms with Gasteiger partial charge in [0.15, 0.2) is 17.5 Å². The number of methoxy groups -OCH3 is 1. The average Bonchev–Trinajstić information content (AvgIpc) is 3.44. The molecule has 1 aromatic heterocycles. The van der Waals surface area contributed by atoms with Crippen molar-refractivity contribution >= 4 is 5.96 Å². The van der Waals surface area contributed by atoms with Crippen LogP contribution >= 0.6 is 0 Å². The van der Waals surface area contributed by atoms with Gasteiger partial charge in [-0.05, 0) is 37.6 Å². The molecule has 1 fully saturated rings. The molecule has 7 nitrogen and oxygen atoms in total. The zero-order valence-electron chi connectivity index (χ0n) is 17.2. The van der Waals surface area contributed by atoms with E-state index in [1.807, 2.05) is 43.3 Å². The third-order valence-corrected chi connectivity index (χ3v) is 4.73. The van der Waals surface area contributed by atoms with E-state index in [0.29, 0.717) is 12.5 Å². The van der Waals surface area contributed by atoms with Gasteiger partial charge in [0.1, 0.15) is 11.9 Å². The fourth-order valence-corrected chi connectivity index (χ4v) is 3.11. The summed E-state index contributed by atoms with van der Waals surface area (Å²) in [7, 11) is 1.64. The number of aliphatic imine (C=N–C) groups is 1. The number of hydrogen-bond donors (Lipinski definition) is 2. The number of benzene rings is 1. The average molecular weight is 402 g/mol. The maximum Gasteiger partial charge on any atom is 0.191 e. The first-order valence-corrected chi connectivity index (χ1v) is 10.2. The topological polar surface area (TPSA) is 77.2 Å². The van der Waals surface area contributed by atoms with Crippen molar-refractivity contribution in [2.75, 3.05) is 40.0 Å². The zero-order valence-corrected chi connectivity index (χ0v) is 17.2. The van der Waals surface area contributed by atoms with Gasteiger partial charge in [0.2, 0.25) is 0 Å². The summed E-state index contributed by atoms with van der Waals surface area (Å²) in [5, 5.41) is 6.81. The molecule has 1 aliphatic rings. The lowest BCUT2D eigenvalue weighted by Gasteiger charge is -2.18. The molecule has 0 aliphatic carbocycles. The normalized spacial score (nSPS) is 17.7. The molecule has 2 unspecified atom stereocenters. The summed E-state index contributed by atoms with van der Waals surface area (Å²) in [6.07, 6.45) is 3.48. The van der Waals surface area contributed by atoms with Gasteiger partial charge in [0, 0.05) is 32.0 Å². The molecular formula is C22H31N3O4. The van der Waals surface area contributed by atoms with Crippen molar-refractivity contribution in [3.8, 4) is 11.5 Å². The summed E-state index contributed by atoms with van der Waals surface area (Å²) >= 11 is 0. The maximum atomic E-state index is 6.01. The van der Waals surface area contributed by atoms with Gasteiger partial charge >= 0.3 is 0 Å². The fraction of sp³-hybridized carbons (Fsp3) is 0.500. The number of para-hydroxylation sites is 2. The Bertz CT molecular complexity index is 742. The molecule has 2 atom stereocenters. The standard InChI is InChI=1S/C22H31N3O4/c1-17(29-21-8-4-3-7-20(21)26-2)14-24-22(25-15-18-10-13-27-16-18)23-11-9-19-6-5-12-28-19/h3-8,12,17-18H,9-11,13-16H2,1-2H3,(H2,23,24,25). The third kappa shape index (κ3) is 7.02. The van der Waals surface area contributed by atoms with Crippen molar-refractivity contribution in [3.05, 3.63) is 48.4 Å². The number of ether oxygens (including phenoxy) is 3. The monoisotopic (exact) mass is 401 g/mol. The van der Waals surface area contributed by atoms with Gasteiger partial charge < -0.3 is 29.3 Å². The van der Waals surface area contributed by atoms with E-state index >= 15 is 0 Å². The minimum absolute atomic E-state index is 0.0928. The number of hydrogen-bond acceptors (Lipinski definition) is 5. The van der Waals surface area contributed by atoms with Crippen molar-refractivity contribution in [2.45, 2.75) is 25.9 Å². The largest absolute Gasteiger partial charge is 0.493 e. The van der Waals surface area contributed by atoms with Crippen molar-refractivity contribution in [1.29, 1.82) is 0 Å². The smallest absolute Gasteiger partial charge is 0.191 e. The minimum atomic E-state index is -0.0928. The number of nitrogens with zero attached hydrogens (tertiary/aromatic N) is 1. The summed E-state index contributed by atoms with van der Waals surface area (Å²) in [6.45, 7) is 5.75. The Morgan fingerprint density at radius 2 is 2.07 bits per heavy atom. The van der Waals surface area contributed by atoms with E-state index in [-0.39, 0.29) is 6.10 Å². The van der Waals surface area contributed by atoms with Crippen LogP contribution in [-0.2, 0) is 11.2 Å². The quantitative estimate of drug-likeness (QED) is 0.471. The van der Waals surface area contributed by atoms with Crippen LogP contribution in [0.5, 0.6) is 11.5 Å². The van der Waals surface area contributed by atoms with Crippen LogP contribution in [-0.4, -0.2) is 52.0 Å². The Hall–Kier alpha value is -2.67. The number of guanidine groups is 1. The molecule has 3 rings (SSSR count). The molecule has 1 aliphatic heterocycles. The van der Waals surface area contributed by atoms with E-state index in [0.717, 1.165) is 62.4 Å². The summed E-state index contributed by atoms with van der Waals surface area (Å²) in [6, 6.07) is 11.5. The third-order valence-electron chi connectivity index (χ3n) is 4.73. The Balaban J connectivity index is 1.53. The maximum absolute atomic E-state index is 6.01. The molecule has 0 radical (unpaired) electrons. The van der Waals surface area contributed by atoms with Gasteiger partial charge in [0.25, 0.3) is 0 Å². The highest BCUT2D eigenvalue weighted by atomic mass is 16.5. The van der Waals surface area contributed by atoms with Gasteiger partial charge in [-0.25, -0.2) is 4.99 Å². The first-order valence-electron chi connectivity index (χ1n) is 10.2. The lowest BCUT2D eigenvalue weighted by atomic mass is 10.1. The summed E-state index contributed by atoms with van der Waals surface area (Å²) < 4.78 is 22.2. The summed E-state index contributed by atoms with van der Waals surface area (Å²) in [5.74, 6) is 3.70. The molecule has 7 heteroatoms. The highest BCUT2D eigenvalue weighted by molar-refractivity contribution is 5.79. The zero-order chi connectivity index (χ0) is 20.3. The van der Waals surface area contributed by atoms with E-state index in [4.69, 9.17) is 23.6 Å². The van der Waals surface area contributed by atoms with Crippen molar-refractivity contribution in [3.63, 3.8) is 0 Å². The molecule has 158 valence electrons. The van der Waals surface area contributed by atoms with Crippen molar-refractivity contribution in [2.24, 2.45) is 10.9 Å². The highest BCUT2D eigenvalue weighted by Gasteiger charge is 2.16. The van der Waals surface area contributed by atoms with Crippen LogP contribution in [0.25, 0.3) is 0 Å². The van der Waals surface area contributed by atoms with Crippen LogP contribution in [0.2, 0.25) is 0 Å². The molecule has 2 N–H and O–H groups in total. The molecule has 1 saturated heterocycles. The van der Waals surface area contributed by atoms with Gasteiger partial charge in [-0.2, -0.15) is 0 Å². The number of furan rings is 1. The first-order chi connectivity index (χ1) is 14.2. The molecular weight excluding hydrogens is 370 g/mol. The second kappa shape index (κ2) is 11.4. The fourth-order valence-electron chi connectivity index (χ4n) is 3.11. The lowest BCUT2D eigenvalue weighted by Crippen LogP contribution is -2.41. The molecule has 2 heterocycles. The van der Waals surface area contributed by atoms with Crippen LogP contribution in [0.4, 0.5) is 0 Å². The number of nitrogens with one attached hydrogen (secondary N) is 2. The summed E-state index contributed by atoms with van der Waals surface area (Å²) in [5.41, 5.74) is 0.